The molecule has 0 unspecified atom stereocenters. The van der Waals surface area contributed by atoms with Crippen molar-refractivity contribution in [3.8, 4) is 11.1 Å². The Balaban J connectivity index is 1.95. The summed E-state index contributed by atoms with van der Waals surface area (Å²) in [6.07, 6.45) is 0.833. The summed E-state index contributed by atoms with van der Waals surface area (Å²) in [7, 11) is 0. The van der Waals surface area contributed by atoms with E-state index in [1.54, 1.807) is 31.2 Å². The number of nitrogens with one attached hydrogen (secondary N) is 1. The van der Waals surface area contributed by atoms with Crippen LogP contribution in [-0.4, -0.2) is 11.6 Å². The highest BCUT2D eigenvalue weighted by Crippen LogP contribution is 2.26. The van der Waals surface area contributed by atoms with Crippen molar-refractivity contribution in [1.29, 1.82) is 0 Å². The lowest BCUT2D eigenvalue weighted by atomic mass is 9.98. The molecular weight excluding hydrogens is 286 g/mol. The fourth-order valence-corrected chi connectivity index (χ4v) is 2.42. The van der Waals surface area contributed by atoms with Crippen molar-refractivity contribution >= 4 is 11.6 Å². The highest BCUT2D eigenvalue weighted by Gasteiger charge is 2.15. The zero-order chi connectivity index (χ0) is 15.7. The fourth-order valence-electron chi connectivity index (χ4n) is 2.42. The molecule has 22 heavy (non-hydrogen) atoms. The zero-order valence-electron chi connectivity index (χ0n) is 12.0. The molecule has 2 aromatic carbocycles. The number of rotatable bonds is 2. The van der Waals surface area contributed by atoms with Crippen LogP contribution in [0.4, 0.5) is 8.78 Å². The minimum atomic E-state index is -0.400. The van der Waals surface area contributed by atoms with Crippen molar-refractivity contribution in [2.45, 2.75) is 19.8 Å². The highest BCUT2D eigenvalue weighted by atomic mass is 19.1. The molecular formula is C17H14F2N2O. The molecule has 1 heterocycles. The van der Waals surface area contributed by atoms with Gasteiger partial charge in [0.25, 0.3) is 0 Å². The summed E-state index contributed by atoms with van der Waals surface area (Å²) in [5, 5.41) is 3.95. The van der Waals surface area contributed by atoms with E-state index in [0.29, 0.717) is 40.8 Å². The monoisotopic (exact) mass is 300 g/mol. The van der Waals surface area contributed by atoms with E-state index < -0.39 is 5.82 Å². The van der Waals surface area contributed by atoms with E-state index in [1.165, 1.54) is 12.1 Å². The first-order valence-electron chi connectivity index (χ1n) is 6.96. The Kier molecular flexibility index (Phi) is 3.71. The Bertz CT molecular complexity index is 784. The smallest absolute Gasteiger partial charge is 0.240 e. The van der Waals surface area contributed by atoms with E-state index in [2.05, 4.69) is 10.5 Å². The molecule has 0 fully saturated rings. The van der Waals surface area contributed by atoms with Crippen LogP contribution in [0.1, 0.15) is 24.0 Å². The third kappa shape index (κ3) is 2.74. The van der Waals surface area contributed by atoms with Crippen LogP contribution in [0.25, 0.3) is 11.1 Å². The molecule has 2 aromatic rings. The second kappa shape index (κ2) is 5.67. The van der Waals surface area contributed by atoms with Crippen LogP contribution >= 0.6 is 0 Å². The molecule has 112 valence electrons. The molecule has 0 aliphatic carbocycles. The summed E-state index contributed by atoms with van der Waals surface area (Å²) >= 11 is 0. The topological polar surface area (TPSA) is 41.5 Å². The number of aryl methyl sites for hydroxylation is 1. The molecule has 0 radical (unpaired) electrons. The maximum atomic E-state index is 14.4. The van der Waals surface area contributed by atoms with E-state index in [-0.39, 0.29) is 11.7 Å². The van der Waals surface area contributed by atoms with E-state index >= 15 is 0 Å². The minimum Gasteiger partial charge on any atom is -0.273 e. The van der Waals surface area contributed by atoms with Gasteiger partial charge in [-0.05, 0) is 36.2 Å². The van der Waals surface area contributed by atoms with Gasteiger partial charge in [-0.3, -0.25) is 4.79 Å². The third-order valence-electron chi connectivity index (χ3n) is 3.68. The van der Waals surface area contributed by atoms with Gasteiger partial charge in [0.1, 0.15) is 11.6 Å². The second-order valence-electron chi connectivity index (χ2n) is 5.25. The van der Waals surface area contributed by atoms with Crippen molar-refractivity contribution in [3.63, 3.8) is 0 Å². The van der Waals surface area contributed by atoms with E-state index in [9.17, 15) is 13.6 Å². The first kappa shape index (κ1) is 14.4. The Hall–Kier alpha value is -2.56. The molecule has 0 aromatic heterocycles. The molecule has 1 N–H and O–H groups in total. The van der Waals surface area contributed by atoms with Gasteiger partial charge >= 0.3 is 0 Å². The number of nitrogens with zero attached hydrogens (tertiary/aromatic N) is 1. The molecule has 0 atom stereocenters. The standard InChI is InChI=1S/C17H14F2N2O/c1-10-8-11(3-5-14(10)18)13-4-2-12(9-15(13)19)16-6-7-17(22)21-20-16/h2-5,8-9H,6-7H2,1H3,(H,21,22). The Morgan fingerprint density at radius 1 is 1.00 bits per heavy atom. The number of carbonyl (C=O) groups is 1. The van der Waals surface area contributed by atoms with Crippen molar-refractivity contribution in [2.24, 2.45) is 5.10 Å². The van der Waals surface area contributed by atoms with Gasteiger partial charge in [0.05, 0.1) is 5.71 Å². The molecule has 5 heteroatoms. The lowest BCUT2D eigenvalue weighted by Crippen LogP contribution is -2.25. The van der Waals surface area contributed by atoms with Gasteiger partial charge < -0.3 is 0 Å². The summed E-state index contributed by atoms with van der Waals surface area (Å²) in [6, 6.07) is 9.30. The lowest BCUT2D eigenvalue weighted by Gasteiger charge is -2.13. The van der Waals surface area contributed by atoms with Crippen LogP contribution in [0.2, 0.25) is 0 Å². The van der Waals surface area contributed by atoms with Crippen LogP contribution < -0.4 is 5.43 Å². The summed E-state index contributed by atoms with van der Waals surface area (Å²) < 4.78 is 27.7. The number of hydrogen-bond acceptors (Lipinski definition) is 2. The van der Waals surface area contributed by atoms with Crippen molar-refractivity contribution < 1.29 is 13.6 Å². The van der Waals surface area contributed by atoms with Gasteiger partial charge in [-0.1, -0.05) is 18.2 Å². The van der Waals surface area contributed by atoms with E-state index in [0.717, 1.165) is 0 Å². The number of benzene rings is 2. The number of hydrazone groups is 1. The van der Waals surface area contributed by atoms with Gasteiger partial charge in [0.2, 0.25) is 5.91 Å². The van der Waals surface area contributed by atoms with Gasteiger partial charge in [-0.15, -0.1) is 0 Å². The molecule has 0 spiro atoms. The van der Waals surface area contributed by atoms with Crippen molar-refractivity contribution in [1.82, 2.24) is 5.43 Å². The number of carbonyl (C=O) groups excluding carboxylic acids is 1. The molecule has 3 nitrogen and oxygen atoms in total. The molecule has 1 aliphatic heterocycles. The van der Waals surface area contributed by atoms with Crippen LogP contribution in [0.3, 0.4) is 0 Å². The molecule has 0 bridgehead atoms. The largest absolute Gasteiger partial charge is 0.273 e. The maximum Gasteiger partial charge on any atom is 0.240 e. The van der Waals surface area contributed by atoms with E-state index in [4.69, 9.17) is 0 Å². The predicted molar refractivity (Wildman–Crippen MR) is 80.4 cm³/mol. The third-order valence-corrected chi connectivity index (χ3v) is 3.68. The van der Waals surface area contributed by atoms with Gasteiger partial charge in [0.15, 0.2) is 0 Å². The molecule has 0 saturated carbocycles. The average Bonchev–Trinajstić information content (AvgIpc) is 2.51. The van der Waals surface area contributed by atoms with Gasteiger partial charge in [-0.2, -0.15) is 5.10 Å². The fraction of sp³-hybridized carbons (Fsp3) is 0.176. The molecule has 1 aliphatic rings. The van der Waals surface area contributed by atoms with E-state index in [1.807, 2.05) is 0 Å². The van der Waals surface area contributed by atoms with Crippen LogP contribution in [0.5, 0.6) is 0 Å². The van der Waals surface area contributed by atoms with Crippen LogP contribution in [-0.2, 0) is 4.79 Å². The van der Waals surface area contributed by atoms with Crippen molar-refractivity contribution in [2.75, 3.05) is 0 Å². The minimum absolute atomic E-state index is 0.136. The van der Waals surface area contributed by atoms with Crippen molar-refractivity contribution in [3.05, 3.63) is 59.2 Å². The predicted octanol–water partition coefficient (Wildman–Crippen LogP) is 3.55. The Labute approximate surface area is 126 Å². The number of hydrogen-bond donors (Lipinski definition) is 1. The molecule has 3 rings (SSSR count). The van der Waals surface area contributed by atoms with Gasteiger partial charge in [0, 0.05) is 24.0 Å². The summed E-state index contributed by atoms with van der Waals surface area (Å²) in [5.74, 6) is -0.848. The lowest BCUT2D eigenvalue weighted by molar-refractivity contribution is -0.121. The maximum absolute atomic E-state index is 14.4. The Morgan fingerprint density at radius 3 is 2.41 bits per heavy atom. The normalized spacial score (nSPS) is 14.5. The SMILES string of the molecule is Cc1cc(-c2ccc(C3=NNC(=O)CC3)cc2F)ccc1F. The van der Waals surface area contributed by atoms with Crippen LogP contribution in [0.15, 0.2) is 41.5 Å². The number of halogens is 2. The zero-order valence-corrected chi connectivity index (χ0v) is 12.0. The quantitative estimate of drug-likeness (QED) is 0.905. The average molecular weight is 300 g/mol. The summed E-state index contributed by atoms with van der Waals surface area (Å²) in [6.45, 7) is 1.64. The first-order chi connectivity index (χ1) is 10.5. The molecule has 1 amide bonds. The first-order valence-corrected chi connectivity index (χ1v) is 6.96. The highest BCUT2D eigenvalue weighted by molar-refractivity contribution is 6.04. The van der Waals surface area contributed by atoms with Crippen LogP contribution in [0, 0.1) is 18.6 Å². The second-order valence-corrected chi connectivity index (χ2v) is 5.25. The Morgan fingerprint density at radius 2 is 1.77 bits per heavy atom. The van der Waals surface area contributed by atoms with Gasteiger partial charge in [-0.25, -0.2) is 14.2 Å². The number of amides is 1. The molecule has 0 saturated heterocycles. The summed E-state index contributed by atoms with van der Waals surface area (Å²) in [5.41, 5.74) is 5.20. The summed E-state index contributed by atoms with van der Waals surface area (Å²) in [4.78, 5) is 11.1.